The van der Waals surface area contributed by atoms with E-state index in [2.05, 4.69) is 15.6 Å². The predicted octanol–water partition coefficient (Wildman–Crippen LogP) is 3.29. The number of nitrogens with one attached hydrogen (secondary N) is 2. The minimum Gasteiger partial charge on any atom is -0.491 e. The minimum absolute atomic E-state index is 0.0268. The third-order valence-corrected chi connectivity index (χ3v) is 6.93. The summed E-state index contributed by atoms with van der Waals surface area (Å²) in [5.41, 5.74) is 1.09. The monoisotopic (exact) mass is 515 g/mol. The number of ether oxygens (including phenoxy) is 1. The van der Waals surface area contributed by atoms with E-state index in [9.17, 15) is 14.4 Å². The lowest BCUT2D eigenvalue weighted by molar-refractivity contribution is -0.133. The first-order valence-electron chi connectivity index (χ1n) is 13.0. The predicted molar refractivity (Wildman–Crippen MR) is 141 cm³/mol. The number of hydrogen-bond donors (Lipinski definition) is 2. The first-order chi connectivity index (χ1) is 18.3. The molecule has 1 saturated carbocycles. The lowest BCUT2D eigenvalue weighted by Crippen LogP contribution is -2.64. The Morgan fingerprint density at radius 1 is 1.03 bits per heavy atom. The van der Waals surface area contributed by atoms with E-state index in [4.69, 9.17) is 4.74 Å². The van der Waals surface area contributed by atoms with Crippen LogP contribution in [0.2, 0.25) is 0 Å². The van der Waals surface area contributed by atoms with Gasteiger partial charge in [-0.2, -0.15) is 0 Å². The largest absolute Gasteiger partial charge is 0.491 e. The van der Waals surface area contributed by atoms with Gasteiger partial charge in [-0.05, 0) is 56.9 Å². The SMILES string of the molecule is CC(C)Oc1ccc(CNC(=O)c2ncn3c2C(=O)N(C2CC2)C(C)(C(=O)NCc2ccccc2)C3)cc1. The Morgan fingerprint density at radius 3 is 2.34 bits per heavy atom. The third-order valence-electron chi connectivity index (χ3n) is 6.93. The van der Waals surface area contributed by atoms with Crippen molar-refractivity contribution in [3.63, 3.8) is 0 Å². The molecule has 1 aliphatic carbocycles. The molecule has 0 radical (unpaired) electrons. The molecule has 0 spiro atoms. The van der Waals surface area contributed by atoms with Crippen molar-refractivity contribution in [1.29, 1.82) is 0 Å². The molecule has 2 aromatic carbocycles. The second-order valence-electron chi connectivity index (χ2n) is 10.4. The molecule has 0 bridgehead atoms. The van der Waals surface area contributed by atoms with Crippen LogP contribution in [0.1, 0.15) is 65.7 Å². The summed E-state index contributed by atoms with van der Waals surface area (Å²) < 4.78 is 7.30. The van der Waals surface area contributed by atoms with E-state index in [1.54, 1.807) is 16.4 Å². The maximum Gasteiger partial charge on any atom is 0.274 e. The lowest BCUT2D eigenvalue weighted by atomic mass is 9.93. The number of carbonyl (C=O) groups is 3. The molecule has 0 saturated heterocycles. The van der Waals surface area contributed by atoms with Crippen LogP contribution in [0.15, 0.2) is 60.9 Å². The van der Waals surface area contributed by atoms with E-state index in [-0.39, 0.29) is 48.4 Å². The van der Waals surface area contributed by atoms with Gasteiger partial charge in [-0.25, -0.2) is 4.98 Å². The fourth-order valence-electron chi connectivity index (χ4n) is 4.91. The maximum absolute atomic E-state index is 13.8. The molecule has 198 valence electrons. The van der Waals surface area contributed by atoms with E-state index < -0.39 is 11.4 Å². The van der Waals surface area contributed by atoms with Crippen molar-refractivity contribution in [1.82, 2.24) is 25.1 Å². The van der Waals surface area contributed by atoms with Gasteiger partial charge in [-0.15, -0.1) is 0 Å². The highest BCUT2D eigenvalue weighted by Gasteiger charge is 2.53. The number of imidazole rings is 1. The minimum atomic E-state index is -1.09. The van der Waals surface area contributed by atoms with Crippen LogP contribution in [-0.4, -0.2) is 49.9 Å². The first-order valence-corrected chi connectivity index (χ1v) is 13.0. The van der Waals surface area contributed by atoms with Crippen LogP contribution in [0.3, 0.4) is 0 Å². The summed E-state index contributed by atoms with van der Waals surface area (Å²) in [5.74, 6) is -0.229. The van der Waals surface area contributed by atoms with Gasteiger partial charge >= 0.3 is 0 Å². The molecule has 2 N–H and O–H groups in total. The highest BCUT2D eigenvalue weighted by atomic mass is 16.5. The molecule has 38 heavy (non-hydrogen) atoms. The van der Waals surface area contributed by atoms with Gasteiger partial charge in [0.25, 0.3) is 11.8 Å². The normalized spacial score (nSPS) is 18.7. The van der Waals surface area contributed by atoms with E-state index >= 15 is 0 Å². The average molecular weight is 516 g/mol. The summed E-state index contributed by atoms with van der Waals surface area (Å²) in [7, 11) is 0. The van der Waals surface area contributed by atoms with Crippen molar-refractivity contribution in [2.24, 2.45) is 0 Å². The molecule has 3 aromatic rings. The summed E-state index contributed by atoms with van der Waals surface area (Å²) in [6, 6.07) is 17.1. The van der Waals surface area contributed by atoms with Gasteiger partial charge in [0.1, 0.15) is 17.0 Å². The molecule has 9 heteroatoms. The zero-order valence-corrected chi connectivity index (χ0v) is 21.9. The summed E-state index contributed by atoms with van der Waals surface area (Å²) in [6.45, 7) is 6.60. The topological polar surface area (TPSA) is 106 Å². The van der Waals surface area contributed by atoms with E-state index in [1.807, 2.05) is 68.4 Å². The zero-order valence-electron chi connectivity index (χ0n) is 21.9. The fourth-order valence-corrected chi connectivity index (χ4v) is 4.91. The molecule has 2 heterocycles. The summed E-state index contributed by atoms with van der Waals surface area (Å²) in [5, 5.41) is 5.87. The molecule has 1 fully saturated rings. The Labute approximate surface area is 222 Å². The van der Waals surface area contributed by atoms with Crippen molar-refractivity contribution in [2.75, 3.05) is 0 Å². The average Bonchev–Trinajstić information content (AvgIpc) is 3.64. The van der Waals surface area contributed by atoms with Crippen LogP contribution < -0.4 is 15.4 Å². The summed E-state index contributed by atoms with van der Waals surface area (Å²) in [6.07, 6.45) is 3.23. The number of nitrogens with zero attached hydrogens (tertiary/aromatic N) is 3. The van der Waals surface area contributed by atoms with Crippen molar-refractivity contribution < 1.29 is 19.1 Å². The second-order valence-corrected chi connectivity index (χ2v) is 10.4. The van der Waals surface area contributed by atoms with Crippen molar-refractivity contribution in [3.8, 4) is 5.75 Å². The van der Waals surface area contributed by atoms with E-state index in [0.717, 1.165) is 29.7 Å². The molecule has 1 aromatic heterocycles. The first kappa shape index (κ1) is 25.5. The van der Waals surface area contributed by atoms with E-state index in [1.165, 1.54) is 6.33 Å². The maximum atomic E-state index is 13.8. The molecular formula is C29H33N5O4. The Morgan fingerprint density at radius 2 is 1.68 bits per heavy atom. The van der Waals surface area contributed by atoms with Gasteiger partial charge in [0.05, 0.1) is 19.0 Å². The molecule has 1 unspecified atom stereocenters. The highest BCUT2D eigenvalue weighted by molar-refractivity contribution is 6.07. The smallest absolute Gasteiger partial charge is 0.274 e. The number of benzene rings is 2. The molecule has 2 aliphatic rings. The quantitative estimate of drug-likeness (QED) is 0.455. The van der Waals surface area contributed by atoms with Crippen LogP contribution in [0, 0.1) is 0 Å². The van der Waals surface area contributed by atoms with E-state index in [0.29, 0.717) is 6.54 Å². The fraction of sp³-hybridized carbons (Fsp3) is 0.379. The van der Waals surface area contributed by atoms with Crippen LogP contribution in [0.5, 0.6) is 5.75 Å². The second kappa shape index (κ2) is 10.3. The molecule has 3 amide bonds. The summed E-state index contributed by atoms with van der Waals surface area (Å²) >= 11 is 0. The molecular weight excluding hydrogens is 482 g/mol. The van der Waals surface area contributed by atoms with Gasteiger partial charge < -0.3 is 24.8 Å². The van der Waals surface area contributed by atoms with Crippen LogP contribution >= 0.6 is 0 Å². The number of fused-ring (bicyclic) bond motifs is 1. The highest BCUT2D eigenvalue weighted by Crippen LogP contribution is 2.38. The Bertz CT molecular complexity index is 1330. The van der Waals surface area contributed by atoms with Crippen LogP contribution in [0.25, 0.3) is 0 Å². The molecule has 9 nitrogen and oxygen atoms in total. The van der Waals surface area contributed by atoms with Crippen molar-refractivity contribution in [2.45, 2.75) is 70.9 Å². The van der Waals surface area contributed by atoms with Crippen molar-refractivity contribution >= 4 is 17.7 Å². The Kier molecular flexibility index (Phi) is 6.93. The number of carbonyl (C=O) groups excluding carboxylic acids is 3. The summed E-state index contributed by atoms with van der Waals surface area (Å²) in [4.78, 5) is 46.3. The van der Waals surface area contributed by atoms with Crippen LogP contribution in [0.4, 0.5) is 0 Å². The molecule has 5 rings (SSSR count). The standard InChI is InChI=1S/C29H33N5O4/c1-19(2)38-23-13-9-21(10-14-23)15-30-26(35)24-25-27(36)34(22-11-12-22)29(3,17-33(25)18-32-24)28(37)31-16-20-7-5-4-6-8-20/h4-10,13-14,18-19,22H,11-12,15-17H2,1-3H3,(H,30,35)(H,31,37). The van der Waals surface area contributed by atoms with Gasteiger partial charge in [-0.1, -0.05) is 42.5 Å². The number of aromatic nitrogens is 2. The number of rotatable bonds is 9. The Hall–Kier alpha value is -4.14. The van der Waals surface area contributed by atoms with Gasteiger partial charge in [-0.3, -0.25) is 14.4 Å². The Balaban J connectivity index is 1.31. The zero-order chi connectivity index (χ0) is 26.9. The molecule has 1 atom stereocenters. The van der Waals surface area contributed by atoms with Gasteiger partial charge in [0.15, 0.2) is 5.69 Å². The third kappa shape index (κ3) is 5.14. The number of hydrogen-bond acceptors (Lipinski definition) is 5. The lowest BCUT2D eigenvalue weighted by Gasteiger charge is -2.44. The van der Waals surface area contributed by atoms with Gasteiger partial charge in [0.2, 0.25) is 5.91 Å². The number of amides is 3. The molecule has 1 aliphatic heterocycles. The van der Waals surface area contributed by atoms with Crippen LogP contribution in [-0.2, 0) is 24.4 Å². The van der Waals surface area contributed by atoms with Gasteiger partial charge in [0, 0.05) is 19.1 Å². The van der Waals surface area contributed by atoms with Crippen molar-refractivity contribution in [3.05, 3.63) is 83.4 Å².